The molecular formula is C12H20N2O4. The van der Waals surface area contributed by atoms with E-state index in [4.69, 9.17) is 9.84 Å². The number of hydrogen-bond acceptors (Lipinski definition) is 3. The molecule has 1 rings (SSSR count). The summed E-state index contributed by atoms with van der Waals surface area (Å²) >= 11 is 0. The molecule has 1 fully saturated rings. The predicted molar refractivity (Wildman–Crippen MR) is 66.4 cm³/mol. The van der Waals surface area contributed by atoms with Crippen LogP contribution in [0, 0.1) is 0 Å². The van der Waals surface area contributed by atoms with Gasteiger partial charge in [0.1, 0.15) is 0 Å². The fraction of sp³-hybridized carbons (Fsp3) is 0.667. The Kier molecular flexibility index (Phi) is 6.21. The van der Waals surface area contributed by atoms with E-state index in [1.54, 1.807) is 4.90 Å². The summed E-state index contributed by atoms with van der Waals surface area (Å²) < 4.78 is 5.21. The first-order valence-corrected chi connectivity index (χ1v) is 6.10. The molecule has 6 nitrogen and oxygen atoms in total. The molecule has 1 heterocycles. The van der Waals surface area contributed by atoms with Crippen molar-refractivity contribution in [2.24, 2.45) is 0 Å². The van der Waals surface area contributed by atoms with Crippen LogP contribution >= 0.6 is 0 Å². The van der Waals surface area contributed by atoms with Crippen molar-refractivity contribution >= 4 is 12.0 Å². The minimum absolute atomic E-state index is 0.0811. The number of morpholine rings is 1. The van der Waals surface area contributed by atoms with Gasteiger partial charge in [0.15, 0.2) is 0 Å². The standard InChI is InChI=1S/C12H20N2O4/c1-2-3-4-5-13-12(17)14-6-7-18-9-10(14)8-11(15)16/h2-3,10H,4-9H2,1H3,(H,13,17)(H,15,16)/b3-2+. The number of carboxylic acids is 1. The first-order chi connectivity index (χ1) is 8.65. The van der Waals surface area contributed by atoms with E-state index < -0.39 is 5.97 Å². The monoisotopic (exact) mass is 256 g/mol. The van der Waals surface area contributed by atoms with E-state index in [0.29, 0.717) is 19.7 Å². The maximum absolute atomic E-state index is 11.9. The van der Waals surface area contributed by atoms with Crippen molar-refractivity contribution < 1.29 is 19.4 Å². The van der Waals surface area contributed by atoms with Crippen molar-refractivity contribution in [3.05, 3.63) is 12.2 Å². The van der Waals surface area contributed by atoms with Gasteiger partial charge in [-0.3, -0.25) is 4.79 Å². The molecule has 6 heteroatoms. The molecule has 0 aromatic heterocycles. The molecule has 0 aromatic carbocycles. The van der Waals surface area contributed by atoms with Gasteiger partial charge in [-0.05, 0) is 13.3 Å². The van der Waals surface area contributed by atoms with E-state index in [-0.39, 0.29) is 25.1 Å². The zero-order valence-corrected chi connectivity index (χ0v) is 10.6. The highest BCUT2D eigenvalue weighted by Gasteiger charge is 2.28. The smallest absolute Gasteiger partial charge is 0.317 e. The van der Waals surface area contributed by atoms with Gasteiger partial charge in [-0.25, -0.2) is 4.79 Å². The van der Waals surface area contributed by atoms with Gasteiger partial charge in [-0.2, -0.15) is 0 Å². The molecule has 0 saturated carbocycles. The van der Waals surface area contributed by atoms with Crippen molar-refractivity contribution in [2.45, 2.75) is 25.8 Å². The number of carbonyl (C=O) groups excluding carboxylic acids is 1. The molecule has 1 unspecified atom stereocenters. The topological polar surface area (TPSA) is 78.9 Å². The number of allylic oxidation sites excluding steroid dienone is 1. The van der Waals surface area contributed by atoms with Gasteiger partial charge in [-0.15, -0.1) is 0 Å². The molecule has 1 aliphatic rings. The average molecular weight is 256 g/mol. The third kappa shape index (κ3) is 4.75. The zero-order chi connectivity index (χ0) is 13.4. The fourth-order valence-corrected chi connectivity index (χ4v) is 1.82. The summed E-state index contributed by atoms with van der Waals surface area (Å²) in [5.74, 6) is -0.919. The molecule has 1 atom stereocenters. The van der Waals surface area contributed by atoms with Crippen LogP contribution in [0.3, 0.4) is 0 Å². The van der Waals surface area contributed by atoms with Crippen LogP contribution in [0.5, 0.6) is 0 Å². The third-order valence-electron chi connectivity index (χ3n) is 2.72. The summed E-state index contributed by atoms with van der Waals surface area (Å²) in [6.45, 7) is 3.66. The Hall–Kier alpha value is -1.56. The Morgan fingerprint density at radius 2 is 2.33 bits per heavy atom. The second-order valence-corrected chi connectivity index (χ2v) is 4.11. The molecular weight excluding hydrogens is 236 g/mol. The second-order valence-electron chi connectivity index (χ2n) is 4.11. The number of urea groups is 1. The number of carboxylic acid groups (broad SMARTS) is 1. The number of hydrogen-bond donors (Lipinski definition) is 2. The highest BCUT2D eigenvalue weighted by molar-refractivity contribution is 5.76. The third-order valence-corrected chi connectivity index (χ3v) is 2.72. The molecule has 0 aromatic rings. The van der Waals surface area contributed by atoms with E-state index in [9.17, 15) is 9.59 Å². The van der Waals surface area contributed by atoms with Crippen LogP contribution in [-0.2, 0) is 9.53 Å². The van der Waals surface area contributed by atoms with Crippen LogP contribution in [0.2, 0.25) is 0 Å². The van der Waals surface area contributed by atoms with Crippen molar-refractivity contribution in [1.29, 1.82) is 0 Å². The number of nitrogens with one attached hydrogen (secondary N) is 1. The average Bonchev–Trinajstić information content (AvgIpc) is 2.34. The van der Waals surface area contributed by atoms with E-state index in [1.807, 2.05) is 19.1 Å². The normalized spacial score (nSPS) is 20.1. The lowest BCUT2D eigenvalue weighted by Gasteiger charge is -2.34. The summed E-state index contributed by atoms with van der Waals surface area (Å²) in [4.78, 5) is 24.2. The van der Waals surface area contributed by atoms with Crippen molar-refractivity contribution in [2.75, 3.05) is 26.3 Å². The van der Waals surface area contributed by atoms with Crippen LogP contribution in [0.25, 0.3) is 0 Å². The van der Waals surface area contributed by atoms with Crippen LogP contribution in [0.15, 0.2) is 12.2 Å². The molecule has 2 amide bonds. The molecule has 102 valence electrons. The quantitative estimate of drug-likeness (QED) is 0.564. The van der Waals surface area contributed by atoms with Gasteiger partial charge in [0.25, 0.3) is 0 Å². The largest absolute Gasteiger partial charge is 0.481 e. The van der Waals surface area contributed by atoms with Gasteiger partial charge < -0.3 is 20.1 Å². The van der Waals surface area contributed by atoms with Gasteiger partial charge in [0.2, 0.25) is 0 Å². The Bertz CT molecular complexity index is 317. The van der Waals surface area contributed by atoms with Crippen LogP contribution in [0.1, 0.15) is 19.8 Å². The summed E-state index contributed by atoms with van der Waals surface area (Å²) in [6, 6.07) is -0.591. The summed E-state index contributed by atoms with van der Waals surface area (Å²) in [7, 11) is 0. The Balaban J connectivity index is 2.43. The highest BCUT2D eigenvalue weighted by Crippen LogP contribution is 2.10. The highest BCUT2D eigenvalue weighted by atomic mass is 16.5. The maximum atomic E-state index is 11.9. The molecule has 0 bridgehead atoms. The van der Waals surface area contributed by atoms with Crippen LogP contribution in [-0.4, -0.2) is 54.4 Å². The van der Waals surface area contributed by atoms with Gasteiger partial charge in [-0.1, -0.05) is 12.2 Å². The number of nitrogens with zero attached hydrogens (tertiary/aromatic N) is 1. The predicted octanol–water partition coefficient (Wildman–Crippen LogP) is 0.838. The SMILES string of the molecule is C/C=C/CCNC(=O)N1CCOCC1CC(=O)O. The lowest BCUT2D eigenvalue weighted by atomic mass is 10.1. The molecule has 18 heavy (non-hydrogen) atoms. The Labute approximate surface area is 107 Å². The van der Waals surface area contributed by atoms with Crippen LogP contribution < -0.4 is 5.32 Å². The van der Waals surface area contributed by atoms with Crippen molar-refractivity contribution in [3.8, 4) is 0 Å². The number of aliphatic carboxylic acids is 1. The lowest BCUT2D eigenvalue weighted by molar-refractivity contribution is -0.139. The Morgan fingerprint density at radius 1 is 1.56 bits per heavy atom. The second kappa shape index (κ2) is 7.71. The van der Waals surface area contributed by atoms with Gasteiger partial charge in [0.05, 0.1) is 25.7 Å². The van der Waals surface area contributed by atoms with E-state index in [1.165, 1.54) is 0 Å². The van der Waals surface area contributed by atoms with E-state index in [2.05, 4.69) is 5.32 Å². The summed E-state index contributed by atoms with van der Waals surface area (Å²) in [6.07, 6.45) is 4.58. The molecule has 0 spiro atoms. The minimum Gasteiger partial charge on any atom is -0.481 e. The lowest BCUT2D eigenvalue weighted by Crippen LogP contribution is -2.53. The first-order valence-electron chi connectivity index (χ1n) is 6.10. The van der Waals surface area contributed by atoms with E-state index >= 15 is 0 Å². The fourth-order valence-electron chi connectivity index (χ4n) is 1.82. The first kappa shape index (κ1) is 14.5. The van der Waals surface area contributed by atoms with Crippen molar-refractivity contribution in [1.82, 2.24) is 10.2 Å². The summed E-state index contributed by atoms with van der Waals surface area (Å²) in [5.41, 5.74) is 0. The maximum Gasteiger partial charge on any atom is 0.317 e. The minimum atomic E-state index is -0.919. The number of carbonyl (C=O) groups is 2. The van der Waals surface area contributed by atoms with Gasteiger partial charge in [0, 0.05) is 13.1 Å². The van der Waals surface area contributed by atoms with Gasteiger partial charge >= 0.3 is 12.0 Å². The molecule has 0 aliphatic carbocycles. The zero-order valence-electron chi connectivity index (χ0n) is 10.6. The number of amides is 2. The molecule has 1 aliphatic heterocycles. The molecule has 2 N–H and O–H groups in total. The summed E-state index contributed by atoms with van der Waals surface area (Å²) in [5, 5.41) is 11.6. The van der Waals surface area contributed by atoms with Crippen LogP contribution in [0.4, 0.5) is 4.79 Å². The molecule has 0 radical (unpaired) electrons. The number of rotatable bonds is 5. The number of ether oxygens (including phenoxy) is 1. The molecule has 1 saturated heterocycles. The Morgan fingerprint density at radius 3 is 3.00 bits per heavy atom. The van der Waals surface area contributed by atoms with Crippen molar-refractivity contribution in [3.63, 3.8) is 0 Å². The van der Waals surface area contributed by atoms with E-state index in [0.717, 1.165) is 6.42 Å².